The zero-order valence-corrected chi connectivity index (χ0v) is 13.1. The predicted molar refractivity (Wildman–Crippen MR) is 90.6 cm³/mol. The Kier molecular flexibility index (Phi) is 5.98. The largest absolute Gasteiger partial charge is 0.398 e. The summed E-state index contributed by atoms with van der Waals surface area (Å²) in [5.74, 6) is 0. The topological polar surface area (TPSA) is 38.4 Å². The van der Waals surface area contributed by atoms with Crippen LogP contribution >= 0.6 is 0 Å². The van der Waals surface area contributed by atoms with E-state index in [0.29, 0.717) is 0 Å². The van der Waals surface area contributed by atoms with Crippen molar-refractivity contribution in [2.75, 3.05) is 12.8 Å². The van der Waals surface area contributed by atoms with E-state index >= 15 is 0 Å². The normalized spacial score (nSPS) is 10.2. The molecule has 2 heteroatoms. The van der Waals surface area contributed by atoms with Crippen LogP contribution in [0.15, 0.2) is 41.4 Å². The van der Waals surface area contributed by atoms with Crippen LogP contribution in [0.25, 0.3) is 11.1 Å². The van der Waals surface area contributed by atoms with Crippen LogP contribution in [0.5, 0.6) is 0 Å². The van der Waals surface area contributed by atoms with Gasteiger partial charge < -0.3 is 5.73 Å². The molecule has 0 unspecified atom stereocenters. The Morgan fingerprint density at radius 2 is 1.50 bits per heavy atom. The summed E-state index contributed by atoms with van der Waals surface area (Å²) in [6, 6.07) is 12.5. The summed E-state index contributed by atoms with van der Waals surface area (Å²) in [4.78, 5) is 4.03. The molecule has 0 atom stereocenters. The van der Waals surface area contributed by atoms with Crippen LogP contribution in [0.2, 0.25) is 0 Å². The van der Waals surface area contributed by atoms with Gasteiger partial charge in [-0.05, 0) is 48.2 Å². The molecule has 2 nitrogen and oxygen atoms in total. The van der Waals surface area contributed by atoms with Crippen molar-refractivity contribution in [1.29, 1.82) is 0 Å². The monoisotopic (exact) mass is 268 g/mol. The first-order chi connectivity index (χ1) is 9.61. The third-order valence-corrected chi connectivity index (χ3v) is 3.20. The van der Waals surface area contributed by atoms with Crippen LogP contribution in [0.4, 0.5) is 5.69 Å². The molecule has 0 amide bonds. The van der Waals surface area contributed by atoms with Gasteiger partial charge in [-0.15, -0.1) is 0 Å². The molecule has 2 N–H and O–H groups in total. The number of hydrogen-bond donors (Lipinski definition) is 1. The molecule has 20 heavy (non-hydrogen) atoms. The van der Waals surface area contributed by atoms with Gasteiger partial charge in [0.2, 0.25) is 0 Å². The molecule has 0 radical (unpaired) electrons. The summed E-state index contributed by atoms with van der Waals surface area (Å²) in [5, 5.41) is 0. The maximum absolute atomic E-state index is 5.92. The van der Waals surface area contributed by atoms with Gasteiger partial charge in [0.15, 0.2) is 0 Å². The average molecular weight is 268 g/mol. The van der Waals surface area contributed by atoms with E-state index in [1.54, 1.807) is 13.3 Å². The van der Waals surface area contributed by atoms with Crippen molar-refractivity contribution in [3.63, 3.8) is 0 Å². The van der Waals surface area contributed by atoms with Crippen molar-refractivity contribution < 1.29 is 0 Å². The van der Waals surface area contributed by atoms with Gasteiger partial charge in [-0.1, -0.05) is 38.1 Å². The number of benzene rings is 2. The van der Waals surface area contributed by atoms with Gasteiger partial charge in [0.25, 0.3) is 0 Å². The van der Waals surface area contributed by atoms with Crippen LogP contribution in [0.1, 0.15) is 30.5 Å². The number of aryl methyl sites for hydroxylation is 2. The van der Waals surface area contributed by atoms with Crippen LogP contribution in [-0.4, -0.2) is 13.3 Å². The van der Waals surface area contributed by atoms with Crippen molar-refractivity contribution in [1.82, 2.24) is 0 Å². The molecule has 0 aliphatic rings. The number of hydrogen-bond acceptors (Lipinski definition) is 2. The molecule has 106 valence electrons. The van der Waals surface area contributed by atoms with E-state index in [2.05, 4.69) is 43.1 Å². The van der Waals surface area contributed by atoms with E-state index in [-0.39, 0.29) is 0 Å². The molecule has 2 aromatic carbocycles. The van der Waals surface area contributed by atoms with E-state index in [0.717, 1.165) is 11.3 Å². The van der Waals surface area contributed by atoms with E-state index < -0.39 is 0 Å². The number of anilines is 1. The zero-order chi connectivity index (χ0) is 15.1. The molecular formula is C18H24N2. The summed E-state index contributed by atoms with van der Waals surface area (Å²) in [5.41, 5.74) is 12.6. The molecule has 0 aliphatic heterocycles. The highest BCUT2D eigenvalue weighted by molar-refractivity contribution is 5.89. The molecule has 2 rings (SSSR count). The first-order valence-electron chi connectivity index (χ1n) is 7.01. The first-order valence-corrected chi connectivity index (χ1v) is 7.01. The fourth-order valence-corrected chi connectivity index (χ4v) is 1.93. The van der Waals surface area contributed by atoms with Crippen LogP contribution in [0, 0.1) is 13.8 Å². The van der Waals surface area contributed by atoms with Gasteiger partial charge in [0.05, 0.1) is 0 Å². The Labute approximate surface area is 122 Å². The fourth-order valence-electron chi connectivity index (χ4n) is 1.93. The quantitative estimate of drug-likeness (QED) is 0.626. The third-order valence-electron chi connectivity index (χ3n) is 3.20. The number of nitrogens with two attached hydrogens (primary N) is 1. The van der Waals surface area contributed by atoms with E-state index in [1.165, 1.54) is 22.3 Å². The molecule has 0 heterocycles. The van der Waals surface area contributed by atoms with Gasteiger partial charge >= 0.3 is 0 Å². The van der Waals surface area contributed by atoms with Crippen molar-refractivity contribution in [3.8, 4) is 11.1 Å². The van der Waals surface area contributed by atoms with Crippen LogP contribution in [-0.2, 0) is 0 Å². The summed E-state index contributed by atoms with van der Waals surface area (Å²) >= 11 is 0. The first kappa shape index (κ1) is 16.0. The lowest BCUT2D eigenvalue weighted by Gasteiger charge is -2.08. The highest BCUT2D eigenvalue weighted by Crippen LogP contribution is 2.25. The summed E-state index contributed by atoms with van der Waals surface area (Å²) in [6.45, 7) is 8.25. The van der Waals surface area contributed by atoms with Gasteiger partial charge in [0.1, 0.15) is 0 Å². The van der Waals surface area contributed by atoms with Gasteiger partial charge in [-0.3, -0.25) is 4.99 Å². The second kappa shape index (κ2) is 7.49. The average Bonchev–Trinajstić information content (AvgIpc) is 2.47. The Hall–Kier alpha value is -2.09. The maximum Gasteiger partial charge on any atom is 0.0403 e. The lowest BCUT2D eigenvalue weighted by molar-refractivity contribution is 1.34. The second-order valence-corrected chi connectivity index (χ2v) is 4.53. The highest BCUT2D eigenvalue weighted by Gasteiger charge is 2.03. The molecule has 0 aliphatic carbocycles. The smallest absolute Gasteiger partial charge is 0.0403 e. The van der Waals surface area contributed by atoms with E-state index in [9.17, 15) is 0 Å². The molecule has 0 spiro atoms. The summed E-state index contributed by atoms with van der Waals surface area (Å²) < 4.78 is 0. The fraction of sp³-hybridized carbons (Fsp3) is 0.278. The number of rotatable bonds is 2. The van der Waals surface area contributed by atoms with Gasteiger partial charge in [0, 0.05) is 24.5 Å². The molecule has 0 saturated carbocycles. The summed E-state index contributed by atoms with van der Waals surface area (Å²) in [6.07, 6.45) is 1.79. The Balaban J connectivity index is 0.000000956. The number of aliphatic imine (C=N–C) groups is 1. The Morgan fingerprint density at radius 3 is 2.10 bits per heavy atom. The molecule has 0 saturated heterocycles. The Bertz CT molecular complexity index is 598. The summed E-state index contributed by atoms with van der Waals surface area (Å²) in [7, 11) is 1.75. The lowest BCUT2D eigenvalue weighted by Crippen LogP contribution is -1.94. The van der Waals surface area contributed by atoms with Crippen molar-refractivity contribution in [2.24, 2.45) is 4.99 Å². The molecule has 0 bridgehead atoms. The predicted octanol–water partition coefficient (Wildman–Crippen LogP) is 4.63. The Morgan fingerprint density at radius 1 is 0.900 bits per heavy atom. The number of nitrogen functional groups attached to an aromatic ring is 1. The molecular weight excluding hydrogens is 244 g/mol. The van der Waals surface area contributed by atoms with Gasteiger partial charge in [-0.25, -0.2) is 0 Å². The van der Waals surface area contributed by atoms with Crippen molar-refractivity contribution in [2.45, 2.75) is 27.7 Å². The lowest BCUT2D eigenvalue weighted by atomic mass is 9.98. The maximum atomic E-state index is 5.92. The number of nitrogens with zero attached hydrogens (tertiary/aromatic N) is 1. The molecule has 2 aromatic rings. The van der Waals surface area contributed by atoms with Crippen LogP contribution in [0.3, 0.4) is 0 Å². The molecule has 0 aromatic heterocycles. The van der Waals surface area contributed by atoms with Crippen LogP contribution < -0.4 is 5.73 Å². The van der Waals surface area contributed by atoms with E-state index in [4.69, 9.17) is 5.73 Å². The minimum atomic E-state index is 0.758. The second-order valence-electron chi connectivity index (χ2n) is 4.53. The van der Waals surface area contributed by atoms with Crippen molar-refractivity contribution in [3.05, 3.63) is 53.1 Å². The minimum Gasteiger partial charge on any atom is -0.398 e. The third kappa shape index (κ3) is 3.70. The molecule has 0 fully saturated rings. The highest BCUT2D eigenvalue weighted by atomic mass is 14.6. The zero-order valence-electron chi connectivity index (χ0n) is 13.1. The van der Waals surface area contributed by atoms with E-state index in [1.807, 2.05) is 26.0 Å². The standard InChI is InChI=1S/C16H18N2.C2H6/c1-11-4-5-13(8-12(11)2)14-6-7-16(17)15(9-14)10-18-3;1-2/h4-10H,17H2,1-3H3;1-2H3. The minimum absolute atomic E-state index is 0.758. The van der Waals surface area contributed by atoms with Gasteiger partial charge in [-0.2, -0.15) is 0 Å². The van der Waals surface area contributed by atoms with Crippen molar-refractivity contribution >= 4 is 11.9 Å². The SMILES string of the molecule is CC.CN=Cc1cc(-c2ccc(C)c(C)c2)ccc1N.